The summed E-state index contributed by atoms with van der Waals surface area (Å²) < 4.78 is 0. The van der Waals surface area contributed by atoms with Gasteiger partial charge in [-0.05, 0) is 5.92 Å². The summed E-state index contributed by atoms with van der Waals surface area (Å²) in [5.74, 6) is 1.10. The van der Waals surface area contributed by atoms with Gasteiger partial charge in [-0.1, -0.05) is 116 Å². The molecule has 1 radical (unpaired) electrons. The normalized spacial score (nSPS) is 16.9. The Kier molecular flexibility index (Phi) is 11.7. The predicted molar refractivity (Wildman–Crippen MR) is 87.3 cm³/mol. The molecule has 0 amide bonds. The van der Waals surface area contributed by atoms with Gasteiger partial charge < -0.3 is 0 Å². The van der Waals surface area contributed by atoms with E-state index in [-0.39, 0.29) is 0 Å². The van der Waals surface area contributed by atoms with Crippen LogP contribution in [0.4, 0.5) is 0 Å². The summed E-state index contributed by atoms with van der Waals surface area (Å²) >= 11 is 0. The van der Waals surface area contributed by atoms with Crippen LogP contribution < -0.4 is 0 Å². The summed E-state index contributed by atoms with van der Waals surface area (Å²) in [4.78, 5) is 0. The third-order valence-electron chi connectivity index (χ3n) is 4.84. The first-order chi connectivity index (χ1) is 9.43. The fourth-order valence-corrected chi connectivity index (χ4v) is 3.50. The average Bonchev–Trinajstić information content (AvgIpc) is 2.46. The van der Waals surface area contributed by atoms with E-state index in [4.69, 9.17) is 0 Å². The third-order valence-corrected chi connectivity index (χ3v) is 4.84. The average molecular weight is 266 g/mol. The van der Waals surface area contributed by atoms with E-state index in [0.29, 0.717) is 0 Å². The van der Waals surface area contributed by atoms with Crippen LogP contribution in [0.1, 0.15) is 109 Å². The zero-order chi connectivity index (χ0) is 13.6. The largest absolute Gasteiger partial charge is 0.0533 e. The molecule has 0 nitrogen and oxygen atoms in total. The molecule has 1 saturated carbocycles. The Balaban J connectivity index is 1.71. The number of hydrogen-bond donors (Lipinski definition) is 0. The zero-order valence-electron chi connectivity index (χ0n) is 13.3. The van der Waals surface area contributed by atoms with Crippen LogP contribution in [0.25, 0.3) is 0 Å². The highest BCUT2D eigenvalue weighted by molar-refractivity contribution is 4.65. The lowest BCUT2D eigenvalue weighted by Gasteiger charge is -2.21. The van der Waals surface area contributed by atoms with E-state index < -0.39 is 0 Å². The van der Waals surface area contributed by atoms with E-state index in [1.165, 1.54) is 103 Å². The summed E-state index contributed by atoms with van der Waals surface area (Å²) in [6.07, 6.45) is 24.8. The Hall–Kier alpha value is 0. The quantitative estimate of drug-likeness (QED) is 0.331. The molecule has 0 spiro atoms. The minimum Gasteiger partial charge on any atom is -0.0533 e. The van der Waals surface area contributed by atoms with Gasteiger partial charge in [-0.25, -0.2) is 0 Å². The van der Waals surface area contributed by atoms with Crippen molar-refractivity contribution in [2.24, 2.45) is 5.92 Å². The Morgan fingerprint density at radius 3 is 1.58 bits per heavy atom. The van der Waals surface area contributed by atoms with Gasteiger partial charge in [0.05, 0.1) is 0 Å². The smallest absolute Gasteiger partial charge is 0.0414 e. The first-order valence-corrected chi connectivity index (χ1v) is 9.22. The fraction of sp³-hybridized carbons (Fsp3) is 0.947. The molecule has 19 heavy (non-hydrogen) atoms. The topological polar surface area (TPSA) is 0 Å². The highest BCUT2D eigenvalue weighted by atomic mass is 14.2. The van der Waals surface area contributed by atoms with Crippen LogP contribution in [0.5, 0.6) is 0 Å². The first-order valence-electron chi connectivity index (χ1n) is 9.22. The van der Waals surface area contributed by atoms with Crippen molar-refractivity contribution < 1.29 is 0 Å². The lowest BCUT2D eigenvalue weighted by atomic mass is 9.85. The third kappa shape index (κ3) is 10.4. The summed E-state index contributed by atoms with van der Waals surface area (Å²) in [6.45, 7) is 3.90. The van der Waals surface area contributed by atoms with Gasteiger partial charge in [0.1, 0.15) is 0 Å². The Morgan fingerprint density at radius 2 is 1.05 bits per heavy atom. The van der Waals surface area contributed by atoms with Gasteiger partial charge in [0.2, 0.25) is 0 Å². The molecule has 113 valence electrons. The predicted octanol–water partition coefficient (Wildman–Crippen LogP) is 7.08. The van der Waals surface area contributed by atoms with E-state index in [2.05, 4.69) is 6.92 Å². The van der Waals surface area contributed by atoms with Crippen LogP contribution in [-0.4, -0.2) is 0 Å². The molecule has 0 unspecified atom stereocenters. The van der Waals surface area contributed by atoms with E-state index in [9.17, 15) is 0 Å². The Labute approximate surface area is 122 Å². The van der Waals surface area contributed by atoms with Crippen molar-refractivity contribution in [3.63, 3.8) is 0 Å². The molecule has 0 aromatic carbocycles. The molecule has 0 heterocycles. The van der Waals surface area contributed by atoms with Crippen LogP contribution in [-0.2, 0) is 0 Å². The highest BCUT2D eigenvalue weighted by Crippen LogP contribution is 2.28. The van der Waals surface area contributed by atoms with Crippen molar-refractivity contribution in [1.82, 2.24) is 0 Å². The van der Waals surface area contributed by atoms with E-state index in [0.717, 1.165) is 12.3 Å². The van der Waals surface area contributed by atoms with Crippen molar-refractivity contribution in [3.8, 4) is 0 Å². The number of unbranched alkanes of at least 4 members (excludes halogenated alkanes) is 10. The highest BCUT2D eigenvalue weighted by Gasteiger charge is 2.12. The van der Waals surface area contributed by atoms with Crippen LogP contribution in [0, 0.1) is 12.8 Å². The van der Waals surface area contributed by atoms with Crippen LogP contribution in [0.3, 0.4) is 0 Å². The maximum Gasteiger partial charge on any atom is -0.0414 e. The molecule has 0 saturated heterocycles. The summed E-state index contributed by atoms with van der Waals surface area (Å²) in [7, 11) is 0. The molecule has 0 N–H and O–H groups in total. The van der Waals surface area contributed by atoms with E-state index in [1.54, 1.807) is 0 Å². The Bertz CT molecular complexity index is 167. The minimum absolute atomic E-state index is 1.10. The van der Waals surface area contributed by atoms with Crippen molar-refractivity contribution in [2.75, 3.05) is 0 Å². The molecule has 1 aliphatic carbocycles. The maximum atomic E-state index is 3.90. The number of hydrogen-bond acceptors (Lipinski definition) is 0. The molecule has 0 aromatic heterocycles. The second kappa shape index (κ2) is 13.0. The molecule has 1 aliphatic rings. The van der Waals surface area contributed by atoms with E-state index >= 15 is 0 Å². The lowest BCUT2D eigenvalue weighted by molar-refractivity contribution is 0.328. The molecule has 0 aromatic rings. The molecule has 0 aliphatic heterocycles. The van der Waals surface area contributed by atoms with Crippen LogP contribution >= 0.6 is 0 Å². The molecule has 1 fully saturated rings. The fourth-order valence-electron chi connectivity index (χ4n) is 3.50. The molecule has 1 rings (SSSR count). The molecular formula is C19H37. The van der Waals surface area contributed by atoms with Gasteiger partial charge in [0, 0.05) is 0 Å². The van der Waals surface area contributed by atoms with Crippen molar-refractivity contribution in [1.29, 1.82) is 0 Å². The second-order valence-corrected chi connectivity index (χ2v) is 6.68. The summed E-state index contributed by atoms with van der Waals surface area (Å²) in [6, 6.07) is 0. The summed E-state index contributed by atoms with van der Waals surface area (Å²) in [5.41, 5.74) is 0. The maximum absolute atomic E-state index is 3.90. The van der Waals surface area contributed by atoms with Gasteiger partial charge in [0.15, 0.2) is 0 Å². The first kappa shape index (κ1) is 17.1. The zero-order valence-corrected chi connectivity index (χ0v) is 13.3. The SMILES string of the molecule is [CH2]CCCCCCCCCCCCC1CCCCC1. The van der Waals surface area contributed by atoms with Crippen LogP contribution in [0.15, 0.2) is 0 Å². The van der Waals surface area contributed by atoms with Gasteiger partial charge >= 0.3 is 0 Å². The monoisotopic (exact) mass is 265 g/mol. The standard InChI is InChI=1S/C19H37/c1-2-3-4-5-6-7-8-9-10-11-13-16-19-17-14-12-15-18-19/h19H,1-18H2. The van der Waals surface area contributed by atoms with Crippen molar-refractivity contribution in [3.05, 3.63) is 6.92 Å². The lowest BCUT2D eigenvalue weighted by Crippen LogP contribution is -2.05. The molecular weight excluding hydrogens is 228 g/mol. The van der Waals surface area contributed by atoms with Gasteiger partial charge in [-0.15, -0.1) is 0 Å². The van der Waals surface area contributed by atoms with Gasteiger partial charge in [-0.3, -0.25) is 0 Å². The molecule has 0 bridgehead atoms. The Morgan fingerprint density at radius 1 is 0.579 bits per heavy atom. The number of rotatable bonds is 12. The second-order valence-electron chi connectivity index (χ2n) is 6.68. The van der Waals surface area contributed by atoms with Crippen LogP contribution in [0.2, 0.25) is 0 Å². The molecule has 0 heteroatoms. The van der Waals surface area contributed by atoms with Crippen molar-refractivity contribution in [2.45, 2.75) is 109 Å². The minimum atomic E-state index is 1.10. The van der Waals surface area contributed by atoms with Gasteiger partial charge in [-0.2, -0.15) is 0 Å². The van der Waals surface area contributed by atoms with Crippen molar-refractivity contribution >= 4 is 0 Å². The summed E-state index contributed by atoms with van der Waals surface area (Å²) in [5, 5.41) is 0. The van der Waals surface area contributed by atoms with Gasteiger partial charge in [0.25, 0.3) is 0 Å². The molecule has 0 atom stereocenters. The van der Waals surface area contributed by atoms with E-state index in [1.807, 2.05) is 0 Å².